The van der Waals surface area contributed by atoms with Gasteiger partial charge in [-0.25, -0.2) is 4.79 Å². The highest BCUT2D eigenvalue weighted by Gasteiger charge is 2.11. The first-order valence-corrected chi connectivity index (χ1v) is 8.01. The van der Waals surface area contributed by atoms with E-state index in [2.05, 4.69) is 15.6 Å². The van der Waals surface area contributed by atoms with Crippen molar-refractivity contribution in [2.45, 2.75) is 0 Å². The third-order valence-corrected chi connectivity index (χ3v) is 3.67. The Labute approximate surface area is 159 Å². The second-order valence-corrected chi connectivity index (χ2v) is 5.78. The number of halogens is 2. The van der Waals surface area contributed by atoms with E-state index in [1.54, 1.807) is 6.07 Å². The lowest BCUT2D eigenvalue weighted by Gasteiger charge is -2.10. The number of hydrazine groups is 1. The zero-order valence-corrected chi connectivity index (χ0v) is 15.1. The fourth-order valence-electron chi connectivity index (χ4n) is 1.85. The zero-order chi connectivity index (χ0) is 19.1. The highest BCUT2D eigenvalue weighted by molar-refractivity contribution is 6.35. The summed E-state index contributed by atoms with van der Waals surface area (Å²) in [5, 5.41) is 0.706. The number of amides is 2. The van der Waals surface area contributed by atoms with Crippen molar-refractivity contribution < 1.29 is 23.9 Å². The first-order chi connectivity index (χ1) is 12.4. The summed E-state index contributed by atoms with van der Waals surface area (Å²) in [6.45, 7) is -0.358. The van der Waals surface area contributed by atoms with E-state index in [0.717, 1.165) is 0 Å². The molecule has 2 rings (SSSR count). The molecule has 0 aliphatic carbocycles. The normalized spacial score (nSPS) is 9.96. The molecule has 2 N–H and O–H groups in total. The van der Waals surface area contributed by atoms with Gasteiger partial charge in [0.25, 0.3) is 11.8 Å². The zero-order valence-electron chi connectivity index (χ0n) is 13.5. The lowest BCUT2D eigenvalue weighted by atomic mass is 10.1. The SMILES string of the molecule is COC(=O)c1ccc(C(=O)NNC(=O)COc2ccc(Cl)cc2Cl)cc1. The van der Waals surface area contributed by atoms with Gasteiger partial charge in [-0.1, -0.05) is 23.2 Å². The molecule has 0 saturated heterocycles. The maximum Gasteiger partial charge on any atom is 0.337 e. The van der Waals surface area contributed by atoms with E-state index in [0.29, 0.717) is 10.6 Å². The van der Waals surface area contributed by atoms with Gasteiger partial charge in [0.05, 0.1) is 17.7 Å². The van der Waals surface area contributed by atoms with Gasteiger partial charge in [0.1, 0.15) is 5.75 Å². The third kappa shape index (κ3) is 5.37. The van der Waals surface area contributed by atoms with Crippen LogP contribution in [0.4, 0.5) is 0 Å². The molecular formula is C17H14Cl2N2O5. The van der Waals surface area contributed by atoms with Crippen molar-refractivity contribution in [3.05, 3.63) is 63.6 Å². The monoisotopic (exact) mass is 396 g/mol. The number of methoxy groups -OCH3 is 1. The van der Waals surface area contributed by atoms with Gasteiger partial charge in [-0.2, -0.15) is 0 Å². The molecule has 0 bridgehead atoms. The van der Waals surface area contributed by atoms with Crippen molar-refractivity contribution in [2.75, 3.05) is 13.7 Å². The maximum atomic E-state index is 11.9. The molecule has 0 unspecified atom stereocenters. The number of rotatable bonds is 5. The van der Waals surface area contributed by atoms with Crippen LogP contribution in [0.5, 0.6) is 5.75 Å². The van der Waals surface area contributed by atoms with Crippen LogP contribution in [0.1, 0.15) is 20.7 Å². The summed E-state index contributed by atoms with van der Waals surface area (Å²) in [5.74, 6) is -1.37. The standard InChI is InChI=1S/C17H14Cl2N2O5/c1-25-17(24)11-4-2-10(3-5-11)16(23)21-20-15(22)9-26-14-7-6-12(18)8-13(14)19/h2-8H,9H2,1H3,(H,20,22)(H,21,23). The number of hydrogen-bond donors (Lipinski definition) is 2. The summed E-state index contributed by atoms with van der Waals surface area (Å²) in [5.41, 5.74) is 5.00. The maximum absolute atomic E-state index is 11.9. The van der Waals surface area contributed by atoms with E-state index in [4.69, 9.17) is 27.9 Å². The van der Waals surface area contributed by atoms with Gasteiger partial charge >= 0.3 is 5.97 Å². The summed E-state index contributed by atoms with van der Waals surface area (Å²) in [7, 11) is 1.26. The average molecular weight is 397 g/mol. The summed E-state index contributed by atoms with van der Waals surface area (Å²) in [4.78, 5) is 35.0. The molecule has 0 radical (unpaired) electrons. The van der Waals surface area contributed by atoms with Gasteiger partial charge < -0.3 is 9.47 Å². The largest absolute Gasteiger partial charge is 0.482 e. The smallest absolute Gasteiger partial charge is 0.337 e. The molecule has 7 nitrogen and oxygen atoms in total. The van der Waals surface area contributed by atoms with Crippen LogP contribution in [-0.2, 0) is 9.53 Å². The van der Waals surface area contributed by atoms with Crippen LogP contribution in [0, 0.1) is 0 Å². The van der Waals surface area contributed by atoms with E-state index >= 15 is 0 Å². The fourth-order valence-corrected chi connectivity index (χ4v) is 2.31. The minimum absolute atomic E-state index is 0.250. The molecule has 0 aliphatic rings. The molecule has 0 spiro atoms. The minimum Gasteiger partial charge on any atom is -0.482 e. The van der Waals surface area contributed by atoms with Gasteiger partial charge in [0.15, 0.2) is 6.61 Å². The van der Waals surface area contributed by atoms with Gasteiger partial charge in [0, 0.05) is 10.6 Å². The highest BCUT2D eigenvalue weighted by Crippen LogP contribution is 2.27. The quantitative estimate of drug-likeness (QED) is 0.598. The van der Waals surface area contributed by atoms with Gasteiger partial charge in [-0.05, 0) is 42.5 Å². The third-order valence-electron chi connectivity index (χ3n) is 3.14. The Hall–Kier alpha value is -2.77. The molecule has 0 fully saturated rings. The lowest BCUT2D eigenvalue weighted by molar-refractivity contribution is -0.123. The van der Waals surface area contributed by atoms with Crippen molar-refractivity contribution >= 4 is 41.0 Å². The Bertz CT molecular complexity index is 824. The predicted octanol–water partition coefficient (Wildman–Crippen LogP) is 2.62. The summed E-state index contributed by atoms with van der Waals surface area (Å²) in [6.07, 6.45) is 0. The Morgan fingerprint density at radius 2 is 1.62 bits per heavy atom. The molecule has 26 heavy (non-hydrogen) atoms. The topological polar surface area (TPSA) is 93.7 Å². The van der Waals surface area contributed by atoms with Crippen LogP contribution in [0.15, 0.2) is 42.5 Å². The Kier molecular flexibility index (Phi) is 6.82. The summed E-state index contributed by atoms with van der Waals surface area (Å²) < 4.78 is 9.81. The molecule has 2 aromatic carbocycles. The van der Waals surface area contributed by atoms with Crippen LogP contribution in [0.2, 0.25) is 10.0 Å². The van der Waals surface area contributed by atoms with Crippen LogP contribution in [0.25, 0.3) is 0 Å². The molecule has 9 heteroatoms. The van der Waals surface area contributed by atoms with Crippen molar-refractivity contribution in [3.8, 4) is 5.75 Å². The molecular weight excluding hydrogens is 383 g/mol. The lowest BCUT2D eigenvalue weighted by Crippen LogP contribution is -2.43. The molecule has 2 amide bonds. The van der Waals surface area contributed by atoms with Crippen LogP contribution in [-0.4, -0.2) is 31.5 Å². The number of hydrogen-bond acceptors (Lipinski definition) is 5. The van der Waals surface area contributed by atoms with E-state index < -0.39 is 17.8 Å². The van der Waals surface area contributed by atoms with Crippen LogP contribution < -0.4 is 15.6 Å². The van der Waals surface area contributed by atoms with Crippen LogP contribution in [0.3, 0.4) is 0 Å². The van der Waals surface area contributed by atoms with Crippen molar-refractivity contribution in [3.63, 3.8) is 0 Å². The van der Waals surface area contributed by atoms with E-state index in [9.17, 15) is 14.4 Å². The number of benzene rings is 2. The van der Waals surface area contributed by atoms with Crippen molar-refractivity contribution in [2.24, 2.45) is 0 Å². The van der Waals surface area contributed by atoms with Gasteiger partial charge in [-0.15, -0.1) is 0 Å². The summed E-state index contributed by atoms with van der Waals surface area (Å²) in [6, 6.07) is 10.3. The number of esters is 1. The van der Waals surface area contributed by atoms with E-state index in [1.807, 2.05) is 0 Å². The van der Waals surface area contributed by atoms with E-state index in [-0.39, 0.29) is 22.9 Å². The number of ether oxygens (including phenoxy) is 2. The number of carbonyl (C=O) groups excluding carboxylic acids is 3. The Morgan fingerprint density at radius 1 is 0.962 bits per heavy atom. The molecule has 0 heterocycles. The second kappa shape index (κ2) is 9.07. The predicted molar refractivity (Wildman–Crippen MR) is 95.3 cm³/mol. The summed E-state index contributed by atoms with van der Waals surface area (Å²) >= 11 is 11.7. The molecule has 0 atom stereocenters. The molecule has 2 aromatic rings. The molecule has 0 saturated carbocycles. The van der Waals surface area contributed by atoms with Gasteiger partial charge in [-0.3, -0.25) is 20.4 Å². The average Bonchev–Trinajstić information content (AvgIpc) is 2.64. The van der Waals surface area contributed by atoms with Crippen molar-refractivity contribution in [1.29, 1.82) is 0 Å². The first-order valence-electron chi connectivity index (χ1n) is 7.26. The highest BCUT2D eigenvalue weighted by atomic mass is 35.5. The fraction of sp³-hybridized carbons (Fsp3) is 0.118. The Morgan fingerprint density at radius 3 is 2.23 bits per heavy atom. The molecule has 0 aliphatic heterocycles. The molecule has 0 aromatic heterocycles. The number of nitrogens with one attached hydrogen (secondary N) is 2. The second-order valence-electron chi connectivity index (χ2n) is 4.93. The van der Waals surface area contributed by atoms with Crippen molar-refractivity contribution in [1.82, 2.24) is 10.9 Å². The minimum atomic E-state index is -0.587. The first kappa shape index (κ1) is 19.6. The van der Waals surface area contributed by atoms with E-state index in [1.165, 1.54) is 43.5 Å². The number of carbonyl (C=O) groups is 3. The van der Waals surface area contributed by atoms with Gasteiger partial charge in [0.2, 0.25) is 0 Å². The Balaban J connectivity index is 1.82. The van der Waals surface area contributed by atoms with Crippen LogP contribution >= 0.6 is 23.2 Å². The molecule has 136 valence electrons.